The second-order valence-electron chi connectivity index (χ2n) is 11.8. The summed E-state index contributed by atoms with van der Waals surface area (Å²) in [4.78, 5) is 0. The van der Waals surface area contributed by atoms with Crippen molar-refractivity contribution in [2.45, 2.75) is 27.7 Å². The molecule has 0 atom stereocenters. The van der Waals surface area contributed by atoms with Gasteiger partial charge in [-0.3, -0.25) is 0 Å². The van der Waals surface area contributed by atoms with Crippen LogP contribution in [0.15, 0.2) is 121 Å². The van der Waals surface area contributed by atoms with Gasteiger partial charge in [0.15, 0.2) is 0 Å². The lowest BCUT2D eigenvalue weighted by Gasteiger charge is -2.44. The molecular formula is C38H44BN4P. The van der Waals surface area contributed by atoms with Gasteiger partial charge in [0.05, 0.1) is 22.3 Å². The number of hydrogen-bond acceptors (Lipinski definition) is 0. The Kier molecular flexibility index (Phi) is 9.27. The molecule has 0 N–H and O–H groups in total. The van der Waals surface area contributed by atoms with Crippen molar-refractivity contribution in [2.75, 3.05) is 0 Å². The lowest BCUT2D eigenvalue weighted by Crippen LogP contribution is -2.74. The van der Waals surface area contributed by atoms with E-state index in [9.17, 15) is 0 Å². The molecule has 4 aromatic carbocycles. The molecule has 0 fully saturated rings. The number of benzene rings is 4. The van der Waals surface area contributed by atoms with Gasteiger partial charge in [0.1, 0.15) is 22.7 Å². The van der Waals surface area contributed by atoms with Crippen molar-refractivity contribution in [3.8, 4) is 0 Å². The Morgan fingerprint density at radius 1 is 0.477 bits per heavy atom. The third-order valence-electron chi connectivity index (χ3n) is 9.66. The molecule has 0 aliphatic carbocycles. The summed E-state index contributed by atoms with van der Waals surface area (Å²) in [5.74, 6) is 0. The number of nitrogens with zero attached hydrogens (tertiary/aromatic N) is 4. The molecule has 6 heteroatoms. The van der Waals surface area contributed by atoms with E-state index in [1.807, 2.05) is 0 Å². The largest absolute Gasteiger partial charge is 0.329 e. The maximum absolute atomic E-state index is 2.29. The third-order valence-corrected chi connectivity index (χ3v) is 11.3. The molecule has 0 radical (unpaired) electrons. The molecule has 6 rings (SSSR count). The highest BCUT2D eigenvalue weighted by Crippen LogP contribution is 2.14. The predicted octanol–water partition coefficient (Wildman–Crippen LogP) is 4.63. The predicted molar refractivity (Wildman–Crippen MR) is 190 cm³/mol. The Balaban J connectivity index is 0.000000182. The Morgan fingerprint density at radius 3 is 1.07 bits per heavy atom. The highest BCUT2D eigenvalue weighted by molar-refractivity contribution is 7.37. The van der Waals surface area contributed by atoms with E-state index in [1.54, 1.807) is 0 Å². The van der Waals surface area contributed by atoms with Gasteiger partial charge in [-0.2, -0.15) is 21.9 Å². The van der Waals surface area contributed by atoms with Gasteiger partial charge in [-0.1, -0.05) is 121 Å². The normalized spacial score (nSPS) is 11.4. The minimum atomic E-state index is -1.22. The van der Waals surface area contributed by atoms with E-state index in [4.69, 9.17) is 0 Å². The van der Waals surface area contributed by atoms with E-state index in [-0.39, 0.29) is 0 Å². The molecule has 0 spiro atoms. The van der Waals surface area contributed by atoms with Crippen LogP contribution in [0.1, 0.15) is 22.8 Å². The molecule has 0 bridgehead atoms. The van der Waals surface area contributed by atoms with Crippen LogP contribution in [0.2, 0.25) is 0 Å². The zero-order chi connectivity index (χ0) is 31.4. The van der Waals surface area contributed by atoms with Crippen LogP contribution in [0, 0.1) is 32.9 Å². The summed E-state index contributed by atoms with van der Waals surface area (Å²) in [5, 5.41) is 1.31. The van der Waals surface area contributed by atoms with Crippen molar-refractivity contribution < 1.29 is 4.57 Å². The summed E-state index contributed by atoms with van der Waals surface area (Å²) in [7, 11) is 9.82. The average Bonchev–Trinajstić information content (AvgIpc) is 3.37. The zero-order valence-electron chi connectivity index (χ0n) is 27.4. The maximum atomic E-state index is 2.29. The minimum absolute atomic E-state index is 1.22. The Bertz CT molecular complexity index is 1700. The topological polar surface area (TPSA) is 18.7 Å². The van der Waals surface area contributed by atoms with Crippen LogP contribution in [-0.2, 0) is 28.2 Å². The second kappa shape index (κ2) is 13.1. The number of hydrogen-bond donors (Lipinski definition) is 0. The standard InChI is InChI=1S/C24H20B.C14H24N4P/c1-5-13-21(14-6-1)25(22-15-7-2-8-16-22,23-17-9-3-10-18-23)24-19-11-4-12-20-24;1-9-10(2)16(6)13(15(9)5)19-14-17(7)11(3)12(4)18(14)8/h1-20H;1-8H3/q-1;+1. The van der Waals surface area contributed by atoms with Crippen molar-refractivity contribution in [3.05, 3.63) is 149 Å². The molecule has 0 amide bonds. The van der Waals surface area contributed by atoms with Gasteiger partial charge >= 0.3 is 5.57 Å². The number of aromatic nitrogens is 4. The molecule has 0 saturated heterocycles. The van der Waals surface area contributed by atoms with Gasteiger partial charge in [0, 0.05) is 39.3 Å². The first-order valence-corrected chi connectivity index (χ1v) is 16.2. The minimum Gasteiger partial charge on any atom is -0.329 e. The van der Waals surface area contributed by atoms with Crippen molar-refractivity contribution in [3.63, 3.8) is 0 Å². The smallest absolute Gasteiger partial charge is 0.310 e. The molecule has 0 unspecified atom stereocenters. The third kappa shape index (κ3) is 5.53. The summed E-state index contributed by atoms with van der Waals surface area (Å²) >= 11 is 0. The fourth-order valence-electron chi connectivity index (χ4n) is 6.53. The van der Waals surface area contributed by atoms with E-state index < -0.39 is 6.15 Å². The van der Waals surface area contributed by atoms with Crippen LogP contribution >= 0.6 is 8.20 Å². The van der Waals surface area contributed by atoms with Crippen LogP contribution in [0.25, 0.3) is 0 Å². The van der Waals surface area contributed by atoms with Crippen LogP contribution in [0.5, 0.6) is 0 Å². The van der Waals surface area contributed by atoms with Crippen LogP contribution in [-0.4, -0.2) is 19.8 Å². The Morgan fingerprint density at radius 2 is 0.795 bits per heavy atom. The fraction of sp³-hybridized carbons (Fsp3) is 0.211. The van der Waals surface area contributed by atoms with Crippen molar-refractivity contribution in [1.82, 2.24) is 13.7 Å². The van der Waals surface area contributed by atoms with Gasteiger partial charge in [-0.15, -0.1) is 0 Å². The van der Waals surface area contributed by atoms with Crippen molar-refractivity contribution in [1.29, 1.82) is 0 Å². The number of imidazole rings is 2. The first-order chi connectivity index (χ1) is 21.2. The molecule has 2 aromatic heterocycles. The molecule has 44 heavy (non-hydrogen) atoms. The SMILES string of the molecule is Cc1c(C)[n+](C)c(P=c2n(C)c(C)c(C)n2C)n1C.c1ccc([B-](c2ccccc2)(c2ccccc2)c2ccccc2)cc1. The first kappa shape index (κ1) is 31.1. The van der Waals surface area contributed by atoms with Gasteiger partial charge in [0.2, 0.25) is 0 Å². The van der Waals surface area contributed by atoms with Crippen LogP contribution in [0.4, 0.5) is 0 Å². The molecular weight excluding hydrogens is 554 g/mol. The summed E-state index contributed by atoms with van der Waals surface area (Å²) < 4.78 is 9.15. The highest BCUT2D eigenvalue weighted by atomic mass is 31.1. The summed E-state index contributed by atoms with van der Waals surface area (Å²) in [6, 6.07) is 43.5. The van der Waals surface area contributed by atoms with Crippen LogP contribution < -0.4 is 32.0 Å². The molecule has 224 valence electrons. The molecule has 0 aliphatic heterocycles. The van der Waals surface area contributed by atoms with E-state index in [0.717, 1.165) is 0 Å². The van der Waals surface area contributed by atoms with Crippen molar-refractivity contribution in [2.24, 2.45) is 28.2 Å². The van der Waals surface area contributed by atoms with Crippen LogP contribution in [0.3, 0.4) is 0 Å². The van der Waals surface area contributed by atoms with E-state index in [2.05, 4.69) is 195 Å². The van der Waals surface area contributed by atoms with Gasteiger partial charge < -0.3 is 9.13 Å². The van der Waals surface area contributed by atoms with E-state index in [0.29, 0.717) is 0 Å². The highest BCUT2D eigenvalue weighted by Gasteiger charge is 2.31. The molecule has 0 aliphatic rings. The van der Waals surface area contributed by atoms with Crippen molar-refractivity contribution >= 4 is 41.8 Å². The first-order valence-electron chi connectivity index (χ1n) is 15.3. The average molecular weight is 599 g/mol. The van der Waals surface area contributed by atoms with Gasteiger partial charge in [-0.05, 0) is 13.8 Å². The van der Waals surface area contributed by atoms with Gasteiger partial charge in [-0.25, -0.2) is 9.13 Å². The molecule has 6 aromatic rings. The van der Waals surface area contributed by atoms with Gasteiger partial charge in [0.25, 0.3) is 0 Å². The van der Waals surface area contributed by atoms with E-state index in [1.165, 1.54) is 63.6 Å². The molecule has 2 heterocycles. The fourth-order valence-corrected chi connectivity index (χ4v) is 7.91. The number of rotatable bonds is 5. The Labute approximate surface area is 264 Å². The summed E-state index contributed by atoms with van der Waals surface area (Å²) in [6.45, 7) is 8.71. The molecule has 4 nitrogen and oxygen atoms in total. The quantitative estimate of drug-likeness (QED) is 0.157. The lowest BCUT2D eigenvalue weighted by molar-refractivity contribution is -0.658. The lowest BCUT2D eigenvalue weighted by atomic mass is 9.13. The monoisotopic (exact) mass is 598 g/mol. The second-order valence-corrected chi connectivity index (χ2v) is 12.8. The maximum Gasteiger partial charge on any atom is 0.310 e. The Hall–Kier alpha value is -4.34. The zero-order valence-corrected chi connectivity index (χ0v) is 28.3. The van der Waals surface area contributed by atoms with E-state index >= 15 is 0 Å². The summed E-state index contributed by atoms with van der Waals surface area (Å²) in [5.41, 5.74) is 12.0. The summed E-state index contributed by atoms with van der Waals surface area (Å²) in [6.07, 6.45) is -1.22. The molecule has 0 saturated carbocycles.